The van der Waals surface area contributed by atoms with Gasteiger partial charge in [0.2, 0.25) is 11.8 Å². The van der Waals surface area contributed by atoms with E-state index in [-0.39, 0.29) is 17.7 Å². The lowest BCUT2D eigenvalue weighted by atomic mass is 9.51. The summed E-state index contributed by atoms with van der Waals surface area (Å²) in [7, 11) is 0. The van der Waals surface area contributed by atoms with Crippen LogP contribution in [-0.4, -0.2) is 35.8 Å². The molecule has 146 valence electrons. The topological polar surface area (TPSA) is 49.4 Å². The van der Waals surface area contributed by atoms with Gasteiger partial charge in [-0.05, 0) is 82.0 Å². The van der Waals surface area contributed by atoms with Crippen LogP contribution < -0.4 is 5.32 Å². The normalized spacial score (nSPS) is 41.3. The SMILES string of the molecule is CCCCNC(=O)C1CCC(C)N(C(=O)C2C3CC4CC(C3)CC2C4)C1. The van der Waals surface area contributed by atoms with Crippen molar-refractivity contribution in [2.45, 2.75) is 77.7 Å². The Morgan fingerprint density at radius 1 is 1.00 bits per heavy atom. The number of piperidine rings is 1. The number of unbranched alkanes of at least 4 members (excludes halogenated alkanes) is 1. The quantitative estimate of drug-likeness (QED) is 0.762. The zero-order valence-electron chi connectivity index (χ0n) is 16.6. The number of hydrogen-bond donors (Lipinski definition) is 1. The van der Waals surface area contributed by atoms with Crippen molar-refractivity contribution in [3.8, 4) is 0 Å². The molecule has 0 spiro atoms. The van der Waals surface area contributed by atoms with Crippen LogP contribution in [0.1, 0.15) is 71.6 Å². The summed E-state index contributed by atoms with van der Waals surface area (Å²) in [6.45, 7) is 5.73. The van der Waals surface area contributed by atoms with E-state index in [1.807, 2.05) is 0 Å². The van der Waals surface area contributed by atoms with Crippen molar-refractivity contribution in [2.75, 3.05) is 13.1 Å². The van der Waals surface area contributed by atoms with Crippen LogP contribution in [0.5, 0.6) is 0 Å². The molecule has 4 aliphatic carbocycles. The number of nitrogens with zero attached hydrogens (tertiary/aromatic N) is 1. The monoisotopic (exact) mass is 360 g/mol. The summed E-state index contributed by atoms with van der Waals surface area (Å²) in [5.41, 5.74) is 0. The molecule has 4 nitrogen and oxygen atoms in total. The molecule has 0 radical (unpaired) electrons. The van der Waals surface area contributed by atoms with Gasteiger partial charge < -0.3 is 10.2 Å². The van der Waals surface area contributed by atoms with Crippen molar-refractivity contribution in [1.29, 1.82) is 0 Å². The Kier molecular flexibility index (Phi) is 5.29. The van der Waals surface area contributed by atoms with E-state index in [1.165, 1.54) is 32.1 Å². The van der Waals surface area contributed by atoms with Crippen LogP contribution in [0.2, 0.25) is 0 Å². The third-order valence-electron chi connectivity index (χ3n) is 7.88. The Morgan fingerprint density at radius 2 is 1.65 bits per heavy atom. The second-order valence-electron chi connectivity index (χ2n) is 9.71. The molecule has 2 atom stereocenters. The van der Waals surface area contributed by atoms with E-state index in [0.29, 0.717) is 30.3 Å². The number of hydrogen-bond acceptors (Lipinski definition) is 2. The van der Waals surface area contributed by atoms with Crippen molar-refractivity contribution in [3.05, 3.63) is 0 Å². The maximum atomic E-state index is 13.5. The van der Waals surface area contributed by atoms with E-state index in [1.54, 1.807) is 0 Å². The van der Waals surface area contributed by atoms with Gasteiger partial charge in [-0.1, -0.05) is 13.3 Å². The van der Waals surface area contributed by atoms with Crippen LogP contribution in [0.3, 0.4) is 0 Å². The van der Waals surface area contributed by atoms with Gasteiger partial charge in [-0.25, -0.2) is 0 Å². The van der Waals surface area contributed by atoms with E-state index < -0.39 is 0 Å². The Morgan fingerprint density at radius 3 is 2.27 bits per heavy atom. The number of amides is 2. The van der Waals surface area contributed by atoms with E-state index in [0.717, 1.165) is 44.1 Å². The van der Waals surface area contributed by atoms with Gasteiger partial charge in [-0.15, -0.1) is 0 Å². The average Bonchev–Trinajstić information content (AvgIpc) is 2.61. The molecule has 0 aromatic heterocycles. The largest absolute Gasteiger partial charge is 0.356 e. The molecule has 26 heavy (non-hydrogen) atoms. The summed E-state index contributed by atoms with van der Waals surface area (Å²) in [5.74, 6) is 3.85. The van der Waals surface area contributed by atoms with Gasteiger partial charge in [0.1, 0.15) is 0 Å². The minimum atomic E-state index is -0.0103. The van der Waals surface area contributed by atoms with Crippen molar-refractivity contribution < 1.29 is 9.59 Å². The summed E-state index contributed by atoms with van der Waals surface area (Å²) in [6.07, 6.45) is 10.6. The van der Waals surface area contributed by atoms with E-state index in [4.69, 9.17) is 0 Å². The van der Waals surface area contributed by atoms with Crippen LogP contribution in [0.25, 0.3) is 0 Å². The molecule has 5 fully saturated rings. The first-order chi connectivity index (χ1) is 12.6. The first kappa shape index (κ1) is 18.3. The Balaban J connectivity index is 1.40. The van der Waals surface area contributed by atoms with Gasteiger partial charge in [0, 0.05) is 25.0 Å². The highest BCUT2D eigenvalue weighted by atomic mass is 16.2. The van der Waals surface area contributed by atoms with Crippen LogP contribution in [-0.2, 0) is 9.59 Å². The highest BCUT2D eigenvalue weighted by Gasteiger charge is 2.52. The molecule has 2 unspecified atom stereocenters. The van der Waals surface area contributed by atoms with Crippen LogP contribution in [0, 0.1) is 35.5 Å². The maximum absolute atomic E-state index is 13.5. The summed E-state index contributed by atoms with van der Waals surface area (Å²) in [4.78, 5) is 28.1. The van der Waals surface area contributed by atoms with E-state index in [2.05, 4.69) is 24.1 Å². The fraction of sp³-hybridized carbons (Fsp3) is 0.909. The Hall–Kier alpha value is -1.06. The summed E-state index contributed by atoms with van der Waals surface area (Å²) in [6, 6.07) is 0.291. The Labute approximate surface area is 158 Å². The average molecular weight is 361 g/mol. The number of carbonyl (C=O) groups excluding carboxylic acids is 2. The zero-order valence-corrected chi connectivity index (χ0v) is 16.6. The van der Waals surface area contributed by atoms with E-state index in [9.17, 15) is 9.59 Å². The van der Waals surface area contributed by atoms with Crippen molar-refractivity contribution in [2.24, 2.45) is 35.5 Å². The number of nitrogens with one attached hydrogen (secondary N) is 1. The third kappa shape index (κ3) is 3.41. The van der Waals surface area contributed by atoms with Crippen LogP contribution in [0.4, 0.5) is 0 Å². The van der Waals surface area contributed by atoms with Gasteiger partial charge in [-0.2, -0.15) is 0 Å². The maximum Gasteiger partial charge on any atom is 0.226 e. The molecule has 1 saturated heterocycles. The highest BCUT2D eigenvalue weighted by Crippen LogP contribution is 2.57. The molecule has 1 heterocycles. The van der Waals surface area contributed by atoms with Gasteiger partial charge in [0.05, 0.1) is 5.92 Å². The molecule has 1 aliphatic heterocycles. The first-order valence-corrected chi connectivity index (χ1v) is 11.1. The fourth-order valence-corrected chi connectivity index (χ4v) is 6.68. The summed E-state index contributed by atoms with van der Waals surface area (Å²) >= 11 is 0. The molecular formula is C22H36N2O2. The molecule has 2 amide bonds. The lowest BCUT2D eigenvalue weighted by molar-refractivity contribution is -0.154. The number of carbonyl (C=O) groups is 2. The molecule has 0 aromatic carbocycles. The molecule has 0 aromatic rings. The van der Waals surface area contributed by atoms with Gasteiger partial charge in [0.25, 0.3) is 0 Å². The number of likely N-dealkylation sites (tertiary alicyclic amines) is 1. The lowest BCUT2D eigenvalue weighted by Crippen LogP contribution is -2.56. The van der Waals surface area contributed by atoms with Crippen LogP contribution in [0.15, 0.2) is 0 Å². The molecule has 5 rings (SSSR count). The molecule has 5 aliphatic rings. The predicted octanol–water partition coefficient (Wildman–Crippen LogP) is 3.60. The third-order valence-corrected chi connectivity index (χ3v) is 7.88. The fourth-order valence-electron chi connectivity index (χ4n) is 6.68. The van der Waals surface area contributed by atoms with Crippen molar-refractivity contribution in [1.82, 2.24) is 10.2 Å². The zero-order chi connectivity index (χ0) is 18.3. The molecule has 4 bridgehead atoms. The summed E-state index contributed by atoms with van der Waals surface area (Å²) in [5, 5.41) is 3.08. The predicted molar refractivity (Wildman–Crippen MR) is 102 cm³/mol. The second-order valence-corrected chi connectivity index (χ2v) is 9.71. The van der Waals surface area contributed by atoms with Gasteiger partial charge in [-0.3, -0.25) is 9.59 Å². The first-order valence-electron chi connectivity index (χ1n) is 11.1. The van der Waals surface area contributed by atoms with Gasteiger partial charge >= 0.3 is 0 Å². The van der Waals surface area contributed by atoms with Crippen molar-refractivity contribution >= 4 is 11.8 Å². The molecular weight excluding hydrogens is 324 g/mol. The molecule has 4 heteroatoms. The smallest absolute Gasteiger partial charge is 0.226 e. The van der Waals surface area contributed by atoms with Gasteiger partial charge in [0.15, 0.2) is 0 Å². The molecule has 4 saturated carbocycles. The minimum absolute atomic E-state index is 0.0103. The summed E-state index contributed by atoms with van der Waals surface area (Å²) < 4.78 is 0. The standard InChI is InChI=1S/C22H36N2O2/c1-3-4-7-23-21(25)17-6-5-14(2)24(13-17)22(26)20-18-9-15-8-16(11-18)12-19(20)10-15/h14-20H,3-13H2,1-2H3,(H,23,25). The Bertz CT molecular complexity index is 518. The molecule has 1 N–H and O–H groups in total. The van der Waals surface area contributed by atoms with Crippen molar-refractivity contribution in [3.63, 3.8) is 0 Å². The highest BCUT2D eigenvalue weighted by molar-refractivity contribution is 5.83. The number of rotatable bonds is 5. The van der Waals surface area contributed by atoms with Crippen LogP contribution >= 0.6 is 0 Å². The second kappa shape index (κ2) is 7.52. The lowest BCUT2D eigenvalue weighted by Gasteiger charge is -2.55. The minimum Gasteiger partial charge on any atom is -0.356 e. The van der Waals surface area contributed by atoms with E-state index >= 15 is 0 Å².